The number of nitrogens with zero attached hydrogens (tertiary/aromatic N) is 2. The van der Waals surface area contributed by atoms with Gasteiger partial charge in [0.15, 0.2) is 0 Å². The summed E-state index contributed by atoms with van der Waals surface area (Å²) in [7, 11) is -3.79. The van der Waals surface area contributed by atoms with E-state index in [1.54, 1.807) is 26.0 Å². The Morgan fingerprint density at radius 1 is 1.10 bits per heavy atom. The van der Waals surface area contributed by atoms with Crippen molar-refractivity contribution >= 4 is 27.3 Å². The molecule has 0 spiro atoms. The molecule has 6 nitrogen and oxygen atoms in total. The first-order valence-electron chi connectivity index (χ1n) is 10.7. The predicted octanol–water partition coefficient (Wildman–Crippen LogP) is 4.34. The number of halogens is 1. The van der Waals surface area contributed by atoms with E-state index in [2.05, 4.69) is 17.1 Å². The van der Waals surface area contributed by atoms with E-state index in [-0.39, 0.29) is 10.5 Å². The Morgan fingerprint density at radius 3 is 2.29 bits per heavy atom. The van der Waals surface area contributed by atoms with E-state index in [0.717, 1.165) is 49.7 Å². The normalized spacial score (nSPS) is 15.3. The molecule has 31 heavy (non-hydrogen) atoms. The van der Waals surface area contributed by atoms with Crippen molar-refractivity contribution in [1.29, 1.82) is 0 Å². The number of hydrogen-bond donors (Lipinski definition) is 1. The highest BCUT2D eigenvalue weighted by Crippen LogP contribution is 2.25. The summed E-state index contributed by atoms with van der Waals surface area (Å²) in [6.45, 7) is 8.31. The van der Waals surface area contributed by atoms with E-state index in [1.165, 1.54) is 10.4 Å². The van der Waals surface area contributed by atoms with Crippen LogP contribution in [0.25, 0.3) is 0 Å². The van der Waals surface area contributed by atoms with Gasteiger partial charge in [-0.25, -0.2) is 12.8 Å². The number of amides is 1. The SMILES string of the molecule is CCN(CC)S(=O)(=O)c1ccc(F)c(C(=O)Nc2ccc(N3CCC(C)CC3)cc2)c1. The van der Waals surface area contributed by atoms with Crippen LogP contribution in [0.5, 0.6) is 0 Å². The molecule has 8 heteroatoms. The Kier molecular flexibility index (Phi) is 7.33. The lowest BCUT2D eigenvalue weighted by molar-refractivity contribution is 0.102. The number of nitrogens with one attached hydrogen (secondary N) is 1. The average molecular weight is 448 g/mol. The monoisotopic (exact) mass is 447 g/mol. The van der Waals surface area contributed by atoms with Gasteiger partial charge in [0.05, 0.1) is 10.5 Å². The summed E-state index contributed by atoms with van der Waals surface area (Å²) >= 11 is 0. The number of sulfonamides is 1. The molecule has 1 heterocycles. The Bertz CT molecular complexity index is 1010. The maximum atomic E-state index is 14.3. The molecule has 2 aromatic carbocycles. The molecule has 168 valence electrons. The smallest absolute Gasteiger partial charge is 0.258 e. The maximum Gasteiger partial charge on any atom is 0.258 e. The fourth-order valence-corrected chi connectivity index (χ4v) is 5.26. The number of anilines is 2. The van der Waals surface area contributed by atoms with Gasteiger partial charge in [0.1, 0.15) is 5.82 Å². The molecule has 0 atom stereocenters. The van der Waals surface area contributed by atoms with Crippen molar-refractivity contribution in [3.63, 3.8) is 0 Å². The van der Waals surface area contributed by atoms with Crippen LogP contribution in [0, 0.1) is 11.7 Å². The van der Waals surface area contributed by atoms with E-state index < -0.39 is 21.7 Å². The standard InChI is InChI=1S/C23H30FN3O3S/c1-4-27(5-2)31(29,30)20-10-11-22(24)21(16-20)23(28)25-18-6-8-19(9-7-18)26-14-12-17(3)13-15-26/h6-11,16-17H,4-5,12-15H2,1-3H3,(H,25,28). The molecular weight excluding hydrogens is 417 g/mol. The second-order valence-corrected chi connectivity index (χ2v) is 9.84. The van der Waals surface area contributed by atoms with Crippen molar-refractivity contribution < 1.29 is 17.6 Å². The molecule has 0 aromatic heterocycles. The predicted molar refractivity (Wildman–Crippen MR) is 122 cm³/mol. The van der Waals surface area contributed by atoms with Gasteiger partial charge in [-0.3, -0.25) is 4.79 Å². The highest BCUT2D eigenvalue weighted by Gasteiger charge is 2.24. The summed E-state index contributed by atoms with van der Waals surface area (Å²) < 4.78 is 41.0. The second-order valence-electron chi connectivity index (χ2n) is 7.90. The average Bonchev–Trinajstić information content (AvgIpc) is 2.75. The number of carbonyl (C=O) groups excluding carboxylic acids is 1. The minimum absolute atomic E-state index is 0.0996. The molecule has 0 bridgehead atoms. The van der Waals surface area contributed by atoms with Crippen molar-refractivity contribution in [2.75, 3.05) is 36.4 Å². The van der Waals surface area contributed by atoms with Crippen molar-refractivity contribution in [1.82, 2.24) is 4.31 Å². The molecule has 1 aliphatic rings. The van der Waals surface area contributed by atoms with E-state index >= 15 is 0 Å². The molecule has 3 rings (SSSR count). The maximum absolute atomic E-state index is 14.3. The Morgan fingerprint density at radius 2 is 1.71 bits per heavy atom. The van der Waals surface area contributed by atoms with Gasteiger partial charge >= 0.3 is 0 Å². The third-order valence-corrected chi connectivity index (χ3v) is 7.85. The Balaban J connectivity index is 1.76. The number of benzene rings is 2. The molecule has 1 N–H and O–H groups in total. The minimum atomic E-state index is -3.79. The van der Waals surface area contributed by atoms with Crippen molar-refractivity contribution in [3.05, 3.63) is 53.8 Å². The molecule has 0 aliphatic carbocycles. The topological polar surface area (TPSA) is 69.7 Å². The number of hydrogen-bond acceptors (Lipinski definition) is 4. The highest BCUT2D eigenvalue weighted by molar-refractivity contribution is 7.89. The molecular formula is C23H30FN3O3S. The Hall–Kier alpha value is -2.45. The summed E-state index contributed by atoms with van der Waals surface area (Å²) in [6.07, 6.45) is 2.31. The van der Waals surface area contributed by atoms with E-state index in [1.807, 2.05) is 12.1 Å². The van der Waals surface area contributed by atoms with Gasteiger partial charge in [-0.05, 0) is 61.2 Å². The van der Waals surface area contributed by atoms with Gasteiger partial charge < -0.3 is 10.2 Å². The minimum Gasteiger partial charge on any atom is -0.372 e. The summed E-state index contributed by atoms with van der Waals surface area (Å²) in [5.41, 5.74) is 1.31. The quantitative estimate of drug-likeness (QED) is 0.685. The van der Waals surface area contributed by atoms with Gasteiger partial charge in [-0.1, -0.05) is 20.8 Å². The van der Waals surface area contributed by atoms with Crippen LogP contribution in [0.2, 0.25) is 0 Å². The second kappa shape index (κ2) is 9.78. The molecule has 0 unspecified atom stereocenters. The summed E-state index contributed by atoms with van der Waals surface area (Å²) in [4.78, 5) is 14.9. The lowest BCUT2D eigenvalue weighted by Gasteiger charge is -2.32. The van der Waals surface area contributed by atoms with Gasteiger partial charge in [-0.15, -0.1) is 0 Å². The third-order valence-electron chi connectivity index (χ3n) is 5.80. The van der Waals surface area contributed by atoms with Crippen molar-refractivity contribution in [2.24, 2.45) is 5.92 Å². The molecule has 1 amide bonds. The van der Waals surface area contributed by atoms with Crippen LogP contribution in [0.1, 0.15) is 44.0 Å². The Labute approximate surface area is 184 Å². The van der Waals surface area contributed by atoms with Crippen LogP contribution in [-0.2, 0) is 10.0 Å². The highest BCUT2D eigenvalue weighted by atomic mass is 32.2. The number of piperidine rings is 1. The van der Waals surface area contributed by atoms with Gasteiger partial charge in [0, 0.05) is 37.6 Å². The molecule has 0 saturated carbocycles. The first kappa shape index (κ1) is 23.2. The van der Waals surface area contributed by atoms with Gasteiger partial charge in [-0.2, -0.15) is 4.31 Å². The number of rotatable bonds is 7. The number of carbonyl (C=O) groups is 1. The van der Waals surface area contributed by atoms with Crippen LogP contribution >= 0.6 is 0 Å². The molecule has 1 saturated heterocycles. The van der Waals surface area contributed by atoms with Crippen LogP contribution in [0.3, 0.4) is 0 Å². The summed E-state index contributed by atoms with van der Waals surface area (Å²) in [5, 5.41) is 2.67. The van der Waals surface area contributed by atoms with E-state index in [0.29, 0.717) is 18.8 Å². The molecule has 1 fully saturated rings. The molecule has 2 aromatic rings. The van der Waals surface area contributed by atoms with Crippen LogP contribution < -0.4 is 10.2 Å². The van der Waals surface area contributed by atoms with Crippen molar-refractivity contribution in [2.45, 2.75) is 38.5 Å². The zero-order valence-electron chi connectivity index (χ0n) is 18.3. The fourth-order valence-electron chi connectivity index (χ4n) is 3.77. The lowest BCUT2D eigenvalue weighted by atomic mass is 9.99. The van der Waals surface area contributed by atoms with Gasteiger partial charge in [0.25, 0.3) is 5.91 Å². The van der Waals surface area contributed by atoms with Crippen LogP contribution in [0.4, 0.5) is 15.8 Å². The van der Waals surface area contributed by atoms with Crippen LogP contribution in [0.15, 0.2) is 47.4 Å². The van der Waals surface area contributed by atoms with Crippen LogP contribution in [-0.4, -0.2) is 44.8 Å². The fraction of sp³-hybridized carbons (Fsp3) is 0.435. The van der Waals surface area contributed by atoms with E-state index in [9.17, 15) is 17.6 Å². The third kappa shape index (κ3) is 5.25. The zero-order chi connectivity index (χ0) is 22.6. The summed E-state index contributed by atoms with van der Waals surface area (Å²) in [5.74, 6) is -0.713. The first-order valence-corrected chi connectivity index (χ1v) is 12.2. The summed E-state index contributed by atoms with van der Waals surface area (Å²) in [6, 6.07) is 10.7. The molecule has 0 radical (unpaired) electrons. The molecule has 1 aliphatic heterocycles. The van der Waals surface area contributed by atoms with Gasteiger partial charge in [0.2, 0.25) is 10.0 Å². The van der Waals surface area contributed by atoms with E-state index in [4.69, 9.17) is 0 Å². The zero-order valence-corrected chi connectivity index (χ0v) is 19.1. The van der Waals surface area contributed by atoms with Crippen molar-refractivity contribution in [3.8, 4) is 0 Å². The lowest BCUT2D eigenvalue weighted by Crippen LogP contribution is -2.32. The largest absolute Gasteiger partial charge is 0.372 e. The first-order chi connectivity index (χ1) is 14.8.